The van der Waals surface area contributed by atoms with Crippen molar-refractivity contribution in [1.29, 1.82) is 0 Å². The van der Waals surface area contributed by atoms with Crippen LogP contribution < -0.4 is 10.9 Å². The molecule has 0 saturated heterocycles. The topological polar surface area (TPSA) is 70.6 Å². The molecule has 3 N–H and O–H groups in total. The molecule has 0 aliphatic heterocycles. The fourth-order valence-electron chi connectivity index (χ4n) is 0.950. The lowest BCUT2D eigenvalue weighted by atomic mass is 10.2. The van der Waals surface area contributed by atoms with Crippen LogP contribution in [-0.2, 0) is 11.3 Å². The summed E-state index contributed by atoms with van der Waals surface area (Å²) in [5.41, 5.74) is 5.70. The van der Waals surface area contributed by atoms with Gasteiger partial charge in [-0.1, -0.05) is 30.3 Å². The second-order valence-corrected chi connectivity index (χ2v) is 2.84. The fraction of sp³-hybridized carbons (Fsp3) is 0.300. The zero-order valence-electron chi connectivity index (χ0n) is 8.27. The first-order valence-corrected chi connectivity index (χ1v) is 4.63. The van der Waals surface area contributed by atoms with Crippen molar-refractivity contribution in [2.24, 2.45) is 0 Å². The van der Waals surface area contributed by atoms with Crippen LogP contribution in [0.15, 0.2) is 30.3 Å². The molecule has 0 aliphatic rings. The van der Waals surface area contributed by atoms with Crippen LogP contribution in [-0.4, -0.2) is 24.4 Å². The summed E-state index contributed by atoms with van der Waals surface area (Å²) in [6.45, 7) is 0.479. The van der Waals surface area contributed by atoms with E-state index in [-0.39, 0.29) is 13.2 Å². The van der Waals surface area contributed by atoms with Crippen LogP contribution in [0.25, 0.3) is 0 Å². The molecule has 1 rings (SSSR count). The van der Waals surface area contributed by atoms with Gasteiger partial charge in [0.05, 0.1) is 6.61 Å². The molecule has 1 aromatic rings. The normalized spacial score (nSPS) is 9.67. The number of ether oxygens (including phenoxy) is 1. The zero-order valence-corrected chi connectivity index (χ0v) is 8.27. The molecular formula is C10H14N2O3. The molecule has 0 atom stereocenters. The van der Waals surface area contributed by atoms with Gasteiger partial charge in [0.25, 0.3) is 0 Å². The van der Waals surface area contributed by atoms with Crippen LogP contribution in [0.4, 0.5) is 4.79 Å². The first-order valence-electron chi connectivity index (χ1n) is 4.63. The second kappa shape index (κ2) is 6.80. The molecule has 0 aromatic heterocycles. The number of aliphatic hydroxyl groups is 1. The lowest BCUT2D eigenvalue weighted by Gasteiger charge is -2.06. The summed E-state index contributed by atoms with van der Waals surface area (Å²) >= 11 is 0. The SMILES string of the molecule is O=C(NNCCO)OCc1ccccc1. The molecular weight excluding hydrogens is 196 g/mol. The van der Waals surface area contributed by atoms with Crippen LogP contribution in [0, 0.1) is 0 Å². The lowest BCUT2D eigenvalue weighted by Crippen LogP contribution is -2.39. The van der Waals surface area contributed by atoms with Crippen LogP contribution in [0.3, 0.4) is 0 Å². The van der Waals surface area contributed by atoms with Crippen LogP contribution >= 0.6 is 0 Å². The minimum atomic E-state index is -0.563. The molecule has 15 heavy (non-hydrogen) atoms. The third kappa shape index (κ3) is 4.99. The van der Waals surface area contributed by atoms with Gasteiger partial charge in [-0.25, -0.2) is 10.2 Å². The van der Waals surface area contributed by atoms with Crippen molar-refractivity contribution in [2.75, 3.05) is 13.2 Å². The van der Waals surface area contributed by atoms with Gasteiger partial charge in [0, 0.05) is 6.54 Å². The third-order valence-corrected chi connectivity index (χ3v) is 1.64. The maximum atomic E-state index is 11.0. The number of carbonyl (C=O) groups is 1. The summed E-state index contributed by atoms with van der Waals surface area (Å²) < 4.78 is 4.88. The first-order chi connectivity index (χ1) is 7.33. The molecule has 0 radical (unpaired) electrons. The Morgan fingerprint density at radius 2 is 2.07 bits per heavy atom. The molecule has 0 fully saturated rings. The molecule has 5 heteroatoms. The van der Waals surface area contributed by atoms with E-state index in [9.17, 15) is 4.79 Å². The van der Waals surface area contributed by atoms with E-state index in [0.717, 1.165) is 5.56 Å². The molecule has 0 unspecified atom stereocenters. The predicted molar refractivity (Wildman–Crippen MR) is 54.9 cm³/mol. The average Bonchev–Trinajstić information content (AvgIpc) is 2.28. The van der Waals surface area contributed by atoms with E-state index in [1.165, 1.54) is 0 Å². The van der Waals surface area contributed by atoms with Gasteiger partial charge in [-0.2, -0.15) is 0 Å². The van der Waals surface area contributed by atoms with Gasteiger partial charge in [-0.15, -0.1) is 0 Å². The van der Waals surface area contributed by atoms with Crippen LogP contribution in [0.5, 0.6) is 0 Å². The highest BCUT2D eigenvalue weighted by atomic mass is 16.6. The van der Waals surface area contributed by atoms with Gasteiger partial charge in [0.15, 0.2) is 0 Å². The highest BCUT2D eigenvalue weighted by molar-refractivity contribution is 5.66. The fourth-order valence-corrected chi connectivity index (χ4v) is 0.950. The zero-order chi connectivity index (χ0) is 10.9. The van der Waals surface area contributed by atoms with Crippen molar-refractivity contribution >= 4 is 6.09 Å². The number of amides is 1. The Hall–Kier alpha value is -1.59. The van der Waals surface area contributed by atoms with E-state index in [4.69, 9.17) is 9.84 Å². The van der Waals surface area contributed by atoms with E-state index in [1.54, 1.807) is 0 Å². The maximum Gasteiger partial charge on any atom is 0.421 e. The minimum absolute atomic E-state index is 0.0427. The number of hydrogen-bond donors (Lipinski definition) is 3. The van der Waals surface area contributed by atoms with Gasteiger partial charge >= 0.3 is 6.09 Å². The number of aliphatic hydroxyl groups excluding tert-OH is 1. The van der Waals surface area contributed by atoms with Crippen LogP contribution in [0.1, 0.15) is 5.56 Å². The highest BCUT2D eigenvalue weighted by Gasteiger charge is 2.00. The predicted octanol–water partition coefficient (Wildman–Crippen LogP) is 0.410. The van der Waals surface area contributed by atoms with Crippen molar-refractivity contribution in [3.63, 3.8) is 0 Å². The molecule has 0 spiro atoms. The summed E-state index contributed by atoms with van der Waals surface area (Å²) in [4.78, 5) is 11.0. The van der Waals surface area contributed by atoms with Gasteiger partial charge < -0.3 is 9.84 Å². The smallest absolute Gasteiger partial charge is 0.421 e. The molecule has 0 heterocycles. The van der Waals surface area contributed by atoms with Gasteiger partial charge in [-0.3, -0.25) is 5.43 Å². The van der Waals surface area contributed by atoms with Crippen molar-refractivity contribution in [1.82, 2.24) is 10.9 Å². The number of benzene rings is 1. The van der Waals surface area contributed by atoms with Crippen molar-refractivity contribution in [2.45, 2.75) is 6.61 Å². The Labute approximate surface area is 88.0 Å². The van der Waals surface area contributed by atoms with Crippen molar-refractivity contribution in [3.8, 4) is 0 Å². The monoisotopic (exact) mass is 210 g/mol. The Morgan fingerprint density at radius 1 is 1.33 bits per heavy atom. The number of hydrogen-bond acceptors (Lipinski definition) is 4. The van der Waals surface area contributed by atoms with E-state index in [2.05, 4.69) is 10.9 Å². The van der Waals surface area contributed by atoms with Crippen molar-refractivity contribution in [3.05, 3.63) is 35.9 Å². The minimum Gasteiger partial charge on any atom is -0.444 e. The average molecular weight is 210 g/mol. The Kier molecular flexibility index (Phi) is 5.21. The molecule has 5 nitrogen and oxygen atoms in total. The molecule has 1 amide bonds. The van der Waals surface area contributed by atoms with Gasteiger partial charge in [0.2, 0.25) is 0 Å². The van der Waals surface area contributed by atoms with Crippen LogP contribution in [0.2, 0.25) is 0 Å². The summed E-state index contributed by atoms with van der Waals surface area (Å²) in [7, 11) is 0. The van der Waals surface area contributed by atoms with E-state index in [1.807, 2.05) is 30.3 Å². The first kappa shape index (κ1) is 11.5. The van der Waals surface area contributed by atoms with Gasteiger partial charge in [-0.05, 0) is 5.56 Å². The molecule has 82 valence electrons. The van der Waals surface area contributed by atoms with E-state index >= 15 is 0 Å². The number of carbonyl (C=O) groups excluding carboxylic acids is 1. The summed E-state index contributed by atoms with van der Waals surface area (Å²) in [6, 6.07) is 9.39. The van der Waals surface area contributed by atoms with E-state index < -0.39 is 6.09 Å². The van der Waals surface area contributed by atoms with Gasteiger partial charge in [0.1, 0.15) is 6.61 Å². The standard InChI is InChI=1S/C10H14N2O3/c13-7-6-11-12-10(14)15-8-9-4-2-1-3-5-9/h1-5,11,13H,6-8H2,(H,12,14). The number of rotatable bonds is 5. The molecule has 0 aliphatic carbocycles. The van der Waals surface area contributed by atoms with E-state index in [0.29, 0.717) is 6.54 Å². The molecule has 0 saturated carbocycles. The molecule has 0 bridgehead atoms. The maximum absolute atomic E-state index is 11.0. The third-order valence-electron chi connectivity index (χ3n) is 1.64. The highest BCUT2D eigenvalue weighted by Crippen LogP contribution is 1.99. The Balaban J connectivity index is 2.17. The second-order valence-electron chi connectivity index (χ2n) is 2.84. The lowest BCUT2D eigenvalue weighted by molar-refractivity contribution is 0.133. The summed E-state index contributed by atoms with van der Waals surface area (Å²) in [6.07, 6.45) is -0.563. The Morgan fingerprint density at radius 3 is 2.73 bits per heavy atom. The number of hydrazine groups is 1. The largest absolute Gasteiger partial charge is 0.444 e. The van der Waals surface area contributed by atoms with Crippen molar-refractivity contribution < 1.29 is 14.6 Å². The summed E-state index contributed by atoms with van der Waals surface area (Å²) in [5.74, 6) is 0. The summed E-state index contributed by atoms with van der Waals surface area (Å²) in [5, 5.41) is 8.43. The quantitative estimate of drug-likeness (QED) is 0.486. The molecule has 1 aromatic carbocycles. The number of nitrogens with one attached hydrogen (secondary N) is 2. The Bertz CT molecular complexity index is 290.